The maximum Gasteiger partial charge on any atom is 0.0624 e. The highest BCUT2D eigenvalue weighted by molar-refractivity contribution is 6.42. The zero-order valence-corrected chi connectivity index (χ0v) is 11.6. The van der Waals surface area contributed by atoms with Gasteiger partial charge in [-0.2, -0.15) is 0 Å². The number of nitrogens with one attached hydrogen (secondary N) is 1. The predicted octanol–water partition coefficient (Wildman–Crippen LogP) is 4.17. The second-order valence-electron chi connectivity index (χ2n) is 4.45. The van der Waals surface area contributed by atoms with E-state index in [1.54, 1.807) is 0 Å². The molecule has 0 radical (unpaired) electrons. The van der Waals surface area contributed by atoms with Crippen molar-refractivity contribution in [3.63, 3.8) is 0 Å². The monoisotopic (exact) mass is 259 g/mol. The van der Waals surface area contributed by atoms with Crippen molar-refractivity contribution in [1.82, 2.24) is 5.32 Å². The summed E-state index contributed by atoms with van der Waals surface area (Å²) < 4.78 is 0. The summed E-state index contributed by atoms with van der Waals surface area (Å²) in [5.74, 6) is 0.596. The summed E-state index contributed by atoms with van der Waals surface area (Å²) in [4.78, 5) is 0. The van der Waals surface area contributed by atoms with Crippen molar-refractivity contribution < 1.29 is 0 Å². The Labute approximate surface area is 108 Å². The van der Waals surface area contributed by atoms with Crippen LogP contribution in [-0.2, 0) is 6.42 Å². The molecule has 0 aliphatic rings. The Balaban J connectivity index is 2.62. The molecule has 1 aromatic carbocycles. The minimum atomic E-state index is 0.535. The van der Waals surface area contributed by atoms with Crippen molar-refractivity contribution in [2.45, 2.75) is 32.7 Å². The van der Waals surface area contributed by atoms with Crippen LogP contribution in [0.3, 0.4) is 0 Å². The minimum absolute atomic E-state index is 0.535. The Morgan fingerprint density at radius 1 is 1.25 bits per heavy atom. The third-order valence-electron chi connectivity index (χ3n) is 2.85. The molecule has 1 N–H and O–H groups in total. The zero-order valence-electron chi connectivity index (χ0n) is 10.1. The van der Waals surface area contributed by atoms with Crippen LogP contribution in [0.2, 0.25) is 10.0 Å². The summed E-state index contributed by atoms with van der Waals surface area (Å²) in [5.41, 5.74) is 1.14. The smallest absolute Gasteiger partial charge is 0.0624 e. The van der Waals surface area contributed by atoms with Gasteiger partial charge in [-0.25, -0.2) is 0 Å². The van der Waals surface area contributed by atoms with Gasteiger partial charge in [0.1, 0.15) is 0 Å². The number of hydrogen-bond donors (Lipinski definition) is 1. The molecule has 0 aliphatic carbocycles. The zero-order chi connectivity index (χ0) is 12.1. The van der Waals surface area contributed by atoms with Gasteiger partial charge in [-0.05, 0) is 44.4 Å². The van der Waals surface area contributed by atoms with Gasteiger partial charge in [0.05, 0.1) is 10.0 Å². The molecule has 1 nitrogen and oxygen atoms in total. The van der Waals surface area contributed by atoms with Crippen molar-refractivity contribution in [2.24, 2.45) is 5.92 Å². The van der Waals surface area contributed by atoms with Gasteiger partial charge in [0.15, 0.2) is 0 Å². The molecule has 16 heavy (non-hydrogen) atoms. The van der Waals surface area contributed by atoms with Crippen molar-refractivity contribution in [3.8, 4) is 0 Å². The summed E-state index contributed by atoms with van der Waals surface area (Å²) in [6, 6.07) is 6.37. The van der Waals surface area contributed by atoms with Crippen molar-refractivity contribution in [1.29, 1.82) is 0 Å². The van der Waals surface area contributed by atoms with Crippen LogP contribution in [0.25, 0.3) is 0 Å². The Bertz CT molecular complexity index is 339. The molecule has 1 rings (SSSR count). The lowest BCUT2D eigenvalue weighted by atomic mass is 9.95. The second kappa shape index (κ2) is 6.48. The first-order valence-electron chi connectivity index (χ1n) is 5.64. The lowest BCUT2D eigenvalue weighted by molar-refractivity contribution is 0.440. The molecule has 90 valence electrons. The fourth-order valence-electron chi connectivity index (χ4n) is 1.89. The van der Waals surface area contributed by atoms with E-state index in [1.165, 1.54) is 0 Å². The molecule has 0 bridgehead atoms. The maximum absolute atomic E-state index is 6.16. The largest absolute Gasteiger partial charge is 0.317 e. The van der Waals surface area contributed by atoms with Gasteiger partial charge in [0, 0.05) is 6.04 Å². The van der Waals surface area contributed by atoms with Gasteiger partial charge < -0.3 is 5.32 Å². The Hall–Kier alpha value is -0.240. The van der Waals surface area contributed by atoms with Gasteiger partial charge in [0.2, 0.25) is 0 Å². The highest BCUT2D eigenvalue weighted by Crippen LogP contribution is 2.28. The quantitative estimate of drug-likeness (QED) is 0.837. The lowest BCUT2D eigenvalue weighted by Crippen LogP contribution is -2.24. The summed E-state index contributed by atoms with van der Waals surface area (Å²) in [6.45, 7) is 4.43. The Kier molecular flexibility index (Phi) is 5.60. The highest BCUT2D eigenvalue weighted by atomic mass is 35.5. The molecule has 0 saturated carbocycles. The molecule has 2 unspecified atom stereocenters. The van der Waals surface area contributed by atoms with Crippen molar-refractivity contribution in [3.05, 3.63) is 33.8 Å². The minimum Gasteiger partial charge on any atom is -0.317 e. The summed E-state index contributed by atoms with van der Waals surface area (Å²) in [7, 11) is 1.99. The summed E-state index contributed by atoms with van der Waals surface area (Å²) >= 11 is 12.1. The predicted molar refractivity (Wildman–Crippen MR) is 72.5 cm³/mol. The topological polar surface area (TPSA) is 12.0 Å². The number of hydrogen-bond acceptors (Lipinski definition) is 1. The first-order chi connectivity index (χ1) is 7.54. The van der Waals surface area contributed by atoms with E-state index in [0.717, 1.165) is 18.4 Å². The first kappa shape index (κ1) is 13.8. The fourth-order valence-corrected chi connectivity index (χ4v) is 2.28. The molecule has 0 saturated heterocycles. The van der Waals surface area contributed by atoms with E-state index in [1.807, 2.05) is 19.2 Å². The van der Waals surface area contributed by atoms with Gasteiger partial charge >= 0.3 is 0 Å². The molecule has 3 heteroatoms. The van der Waals surface area contributed by atoms with E-state index >= 15 is 0 Å². The molecular weight excluding hydrogens is 241 g/mol. The van der Waals surface area contributed by atoms with E-state index in [-0.39, 0.29) is 0 Å². The molecule has 0 amide bonds. The van der Waals surface area contributed by atoms with Crippen LogP contribution in [0.1, 0.15) is 25.8 Å². The van der Waals surface area contributed by atoms with Crippen LogP contribution >= 0.6 is 23.2 Å². The molecule has 0 aromatic heterocycles. The van der Waals surface area contributed by atoms with Crippen LogP contribution in [0, 0.1) is 5.92 Å². The first-order valence-corrected chi connectivity index (χ1v) is 6.40. The number of rotatable bonds is 5. The average Bonchev–Trinajstić information content (AvgIpc) is 2.24. The number of benzene rings is 1. The second-order valence-corrected chi connectivity index (χ2v) is 5.23. The molecule has 0 fully saturated rings. The van der Waals surface area contributed by atoms with Crippen LogP contribution < -0.4 is 5.32 Å². The van der Waals surface area contributed by atoms with E-state index in [0.29, 0.717) is 22.0 Å². The molecule has 0 spiro atoms. The lowest BCUT2D eigenvalue weighted by Gasteiger charge is -2.17. The fraction of sp³-hybridized carbons (Fsp3) is 0.538. The van der Waals surface area contributed by atoms with Gasteiger partial charge in [-0.3, -0.25) is 0 Å². The molecule has 2 atom stereocenters. The summed E-state index contributed by atoms with van der Waals surface area (Å²) in [6.07, 6.45) is 2.12. The summed E-state index contributed by atoms with van der Waals surface area (Å²) in [5, 5.41) is 4.60. The van der Waals surface area contributed by atoms with Crippen molar-refractivity contribution >= 4 is 23.2 Å². The van der Waals surface area contributed by atoms with E-state index in [9.17, 15) is 0 Å². The Morgan fingerprint density at radius 2 is 1.94 bits per heavy atom. The van der Waals surface area contributed by atoms with Gasteiger partial charge in [-0.1, -0.05) is 42.3 Å². The molecule has 1 aromatic rings. The van der Waals surface area contributed by atoms with Crippen molar-refractivity contribution in [2.75, 3.05) is 7.05 Å². The SMILES string of the molecule is CNC(C)CC(C)Cc1cccc(Cl)c1Cl. The van der Waals surface area contributed by atoms with Crippen LogP contribution in [0.5, 0.6) is 0 Å². The maximum atomic E-state index is 6.16. The highest BCUT2D eigenvalue weighted by Gasteiger charge is 2.11. The van der Waals surface area contributed by atoms with E-state index in [4.69, 9.17) is 23.2 Å². The number of halogens is 2. The average molecular weight is 260 g/mol. The molecular formula is C13H19Cl2N. The third kappa shape index (κ3) is 3.97. The van der Waals surface area contributed by atoms with Crippen LogP contribution in [0.15, 0.2) is 18.2 Å². The normalized spacial score (nSPS) is 14.8. The van der Waals surface area contributed by atoms with Gasteiger partial charge in [0.25, 0.3) is 0 Å². The molecule has 0 aliphatic heterocycles. The third-order valence-corrected chi connectivity index (χ3v) is 3.71. The standard InChI is InChI=1S/C13H19Cl2N/c1-9(7-10(2)16-3)8-11-5-4-6-12(14)13(11)15/h4-6,9-10,16H,7-8H2,1-3H3. The van der Waals surface area contributed by atoms with Crippen LogP contribution in [0.4, 0.5) is 0 Å². The van der Waals surface area contributed by atoms with E-state index < -0.39 is 0 Å². The Morgan fingerprint density at radius 3 is 2.56 bits per heavy atom. The van der Waals surface area contributed by atoms with E-state index in [2.05, 4.69) is 25.2 Å². The van der Waals surface area contributed by atoms with Crippen LogP contribution in [-0.4, -0.2) is 13.1 Å². The van der Waals surface area contributed by atoms with Gasteiger partial charge in [-0.15, -0.1) is 0 Å². The molecule has 0 heterocycles.